The number of hydrogen-bond acceptors (Lipinski definition) is 4. The van der Waals surface area contributed by atoms with E-state index in [1.54, 1.807) is 0 Å². The third-order valence-corrected chi connectivity index (χ3v) is 5.54. The van der Waals surface area contributed by atoms with Gasteiger partial charge < -0.3 is 5.32 Å². The Balaban J connectivity index is 0.00000225. The summed E-state index contributed by atoms with van der Waals surface area (Å²) in [6.07, 6.45) is 8.87. The van der Waals surface area contributed by atoms with Crippen molar-refractivity contribution < 1.29 is 4.79 Å². The summed E-state index contributed by atoms with van der Waals surface area (Å²) in [7, 11) is 0. The fraction of sp³-hybridized carbons (Fsp3) is 0.833. The molecule has 2 heterocycles. The third-order valence-electron chi connectivity index (χ3n) is 5.54. The Morgan fingerprint density at radius 1 is 1.32 bits per heavy atom. The third kappa shape index (κ3) is 5.42. The van der Waals surface area contributed by atoms with Crippen LogP contribution in [0.25, 0.3) is 0 Å². The highest BCUT2D eigenvalue weighted by atomic mass is 35.5. The summed E-state index contributed by atoms with van der Waals surface area (Å²) in [6.45, 7) is 6.30. The fourth-order valence-electron chi connectivity index (χ4n) is 4.30. The fourth-order valence-corrected chi connectivity index (χ4v) is 4.30. The molecule has 2 N–H and O–H groups in total. The van der Waals surface area contributed by atoms with Crippen LogP contribution in [0.15, 0.2) is 0 Å². The van der Waals surface area contributed by atoms with Gasteiger partial charge in [0.05, 0.1) is 0 Å². The summed E-state index contributed by atoms with van der Waals surface area (Å²) in [6, 6.07) is 1.06. The second kappa shape index (κ2) is 9.53. The van der Waals surface area contributed by atoms with Gasteiger partial charge in [0.15, 0.2) is 5.82 Å². The zero-order valence-electron chi connectivity index (χ0n) is 15.5. The molecule has 2 aliphatic rings. The van der Waals surface area contributed by atoms with E-state index in [1.807, 2.05) is 6.92 Å². The maximum atomic E-state index is 12.4. The van der Waals surface area contributed by atoms with E-state index in [-0.39, 0.29) is 18.3 Å². The van der Waals surface area contributed by atoms with Gasteiger partial charge in [-0.1, -0.05) is 26.2 Å². The van der Waals surface area contributed by atoms with Gasteiger partial charge in [0.1, 0.15) is 5.82 Å². The summed E-state index contributed by atoms with van der Waals surface area (Å²) < 4.78 is 0. The van der Waals surface area contributed by atoms with Gasteiger partial charge in [-0.2, -0.15) is 5.10 Å². The summed E-state index contributed by atoms with van der Waals surface area (Å²) in [5, 5.41) is 10.2. The van der Waals surface area contributed by atoms with E-state index < -0.39 is 0 Å². The highest BCUT2D eigenvalue weighted by Gasteiger charge is 2.36. The normalized spacial score (nSPS) is 24.4. The second-order valence-corrected chi connectivity index (χ2v) is 7.45. The van der Waals surface area contributed by atoms with Crippen molar-refractivity contribution in [3.05, 3.63) is 11.6 Å². The number of aromatic amines is 1. The van der Waals surface area contributed by atoms with Crippen LogP contribution in [0.5, 0.6) is 0 Å². The maximum Gasteiger partial charge on any atom is 0.220 e. The van der Waals surface area contributed by atoms with Crippen molar-refractivity contribution in [2.24, 2.45) is 5.92 Å². The number of nitrogens with zero attached hydrogens (tertiary/aromatic N) is 3. The van der Waals surface area contributed by atoms with E-state index in [0.717, 1.165) is 30.8 Å². The molecule has 1 aliphatic carbocycles. The number of amides is 1. The molecular weight excluding hydrogens is 338 g/mol. The molecule has 0 spiro atoms. The molecule has 2 atom stereocenters. The number of likely N-dealkylation sites (tertiary alicyclic amines) is 1. The zero-order valence-corrected chi connectivity index (χ0v) is 16.3. The predicted molar refractivity (Wildman–Crippen MR) is 101 cm³/mol. The van der Waals surface area contributed by atoms with Crippen molar-refractivity contribution in [2.45, 2.75) is 77.3 Å². The van der Waals surface area contributed by atoms with Gasteiger partial charge in [0, 0.05) is 38.0 Å². The number of halogens is 1. The Labute approximate surface area is 157 Å². The molecule has 3 rings (SSSR count). The van der Waals surface area contributed by atoms with Gasteiger partial charge in [-0.05, 0) is 32.1 Å². The first-order valence-corrected chi connectivity index (χ1v) is 9.57. The molecule has 0 radical (unpaired) electrons. The Hall–Kier alpha value is -1.14. The van der Waals surface area contributed by atoms with E-state index in [2.05, 4.69) is 32.3 Å². The van der Waals surface area contributed by atoms with Gasteiger partial charge >= 0.3 is 0 Å². The van der Waals surface area contributed by atoms with Crippen LogP contribution in [0.3, 0.4) is 0 Å². The van der Waals surface area contributed by atoms with Crippen LogP contribution in [-0.2, 0) is 11.2 Å². The number of hydrogen-bond donors (Lipinski definition) is 2. The van der Waals surface area contributed by atoms with Crippen molar-refractivity contribution in [2.75, 3.05) is 13.1 Å². The maximum absolute atomic E-state index is 12.4. The van der Waals surface area contributed by atoms with Crippen LogP contribution in [0, 0.1) is 12.8 Å². The molecule has 2 fully saturated rings. The lowest BCUT2D eigenvalue weighted by Gasteiger charge is -2.23. The van der Waals surface area contributed by atoms with Crippen LogP contribution in [0.4, 0.5) is 0 Å². The molecule has 0 aromatic carbocycles. The monoisotopic (exact) mass is 369 g/mol. The summed E-state index contributed by atoms with van der Waals surface area (Å²) in [5.41, 5.74) is 0. The molecule has 0 bridgehead atoms. The molecule has 6 nitrogen and oxygen atoms in total. The van der Waals surface area contributed by atoms with Crippen molar-refractivity contribution in [1.29, 1.82) is 0 Å². The number of rotatable bonds is 7. The van der Waals surface area contributed by atoms with Crippen LogP contribution < -0.4 is 5.32 Å². The number of carbonyl (C=O) groups is 1. The average molecular weight is 370 g/mol. The van der Waals surface area contributed by atoms with Gasteiger partial charge in [0.25, 0.3) is 0 Å². The molecule has 1 amide bonds. The summed E-state index contributed by atoms with van der Waals surface area (Å²) >= 11 is 0. The van der Waals surface area contributed by atoms with E-state index in [4.69, 9.17) is 0 Å². The molecule has 25 heavy (non-hydrogen) atoms. The first kappa shape index (κ1) is 20.2. The molecule has 7 heteroatoms. The predicted octanol–water partition coefficient (Wildman–Crippen LogP) is 2.63. The minimum Gasteiger partial charge on any atom is -0.352 e. The van der Waals surface area contributed by atoms with Crippen molar-refractivity contribution in [1.82, 2.24) is 25.4 Å². The number of aryl methyl sites for hydroxylation is 2. The highest BCUT2D eigenvalue weighted by molar-refractivity contribution is 5.85. The van der Waals surface area contributed by atoms with Crippen LogP contribution in [-0.4, -0.2) is 51.2 Å². The molecule has 1 saturated heterocycles. The van der Waals surface area contributed by atoms with E-state index in [0.29, 0.717) is 24.8 Å². The molecule has 1 aromatic rings. The Kier molecular flexibility index (Phi) is 7.69. The summed E-state index contributed by atoms with van der Waals surface area (Å²) in [4.78, 5) is 19.3. The molecule has 142 valence electrons. The lowest BCUT2D eigenvalue weighted by Crippen LogP contribution is -2.41. The van der Waals surface area contributed by atoms with E-state index >= 15 is 0 Å². The lowest BCUT2D eigenvalue weighted by molar-refractivity contribution is -0.122. The van der Waals surface area contributed by atoms with Gasteiger partial charge in [-0.3, -0.25) is 14.8 Å². The number of H-pyrrole nitrogens is 1. The zero-order chi connectivity index (χ0) is 16.9. The Morgan fingerprint density at radius 3 is 2.72 bits per heavy atom. The Bertz CT molecular complexity index is 543. The standard InChI is InChI=1S/C18H31N5O.ClH/c1-3-6-14-11-23(15-7-4-5-8-15)12-16(14)20-18(24)10-9-17-19-13(2)21-22-17;/h14-16H,3-12H2,1-2H3,(H,20,24)(H,19,21,22);1H/t14-,16-;/m0./s1. The summed E-state index contributed by atoms with van der Waals surface area (Å²) in [5.74, 6) is 2.27. The first-order valence-electron chi connectivity index (χ1n) is 9.57. The molecular formula is C18H32ClN5O. The molecule has 1 saturated carbocycles. The molecule has 0 unspecified atom stereocenters. The topological polar surface area (TPSA) is 73.9 Å². The first-order chi connectivity index (χ1) is 11.7. The van der Waals surface area contributed by atoms with Crippen molar-refractivity contribution >= 4 is 18.3 Å². The van der Waals surface area contributed by atoms with E-state index in [1.165, 1.54) is 38.5 Å². The highest BCUT2D eigenvalue weighted by Crippen LogP contribution is 2.30. The number of nitrogens with one attached hydrogen (secondary N) is 2. The average Bonchev–Trinajstić information content (AvgIpc) is 3.27. The molecule has 1 aromatic heterocycles. The van der Waals surface area contributed by atoms with Gasteiger partial charge in [-0.15, -0.1) is 12.4 Å². The second-order valence-electron chi connectivity index (χ2n) is 7.45. The van der Waals surface area contributed by atoms with E-state index in [9.17, 15) is 4.79 Å². The quantitative estimate of drug-likeness (QED) is 0.774. The van der Waals surface area contributed by atoms with Gasteiger partial charge in [0.2, 0.25) is 5.91 Å². The van der Waals surface area contributed by atoms with Crippen molar-refractivity contribution in [3.63, 3.8) is 0 Å². The van der Waals surface area contributed by atoms with Crippen LogP contribution in [0.2, 0.25) is 0 Å². The van der Waals surface area contributed by atoms with Crippen LogP contribution in [0.1, 0.15) is 63.5 Å². The lowest BCUT2D eigenvalue weighted by atomic mass is 9.98. The van der Waals surface area contributed by atoms with Gasteiger partial charge in [-0.25, -0.2) is 4.98 Å². The number of aromatic nitrogens is 3. The minimum atomic E-state index is 0. The Morgan fingerprint density at radius 2 is 2.08 bits per heavy atom. The smallest absolute Gasteiger partial charge is 0.220 e. The van der Waals surface area contributed by atoms with Crippen LogP contribution >= 0.6 is 12.4 Å². The molecule has 1 aliphatic heterocycles. The SMILES string of the molecule is CCC[C@H]1CN(C2CCCC2)C[C@@H]1NC(=O)CCc1n[nH]c(C)n1.Cl. The number of carbonyl (C=O) groups excluding carboxylic acids is 1. The minimum absolute atomic E-state index is 0. The van der Waals surface area contributed by atoms with Crippen molar-refractivity contribution in [3.8, 4) is 0 Å². The largest absolute Gasteiger partial charge is 0.352 e.